The number of carbonyl (C=O) groups is 1. The average molecular weight is 330 g/mol. The Hall–Kier alpha value is -2.89. The van der Waals surface area contributed by atoms with E-state index in [1.807, 2.05) is 6.07 Å². The summed E-state index contributed by atoms with van der Waals surface area (Å²) < 4.78 is 16.2. The SMILES string of the molecule is COc1ccc([C@H]2COc3c(ccc(O)c3C=O)C2)c(OC)c1O. The van der Waals surface area contributed by atoms with Gasteiger partial charge in [-0.25, -0.2) is 0 Å². The number of aromatic hydroxyl groups is 2. The molecule has 2 aromatic carbocycles. The second-order valence-electron chi connectivity index (χ2n) is 5.56. The second kappa shape index (κ2) is 6.31. The normalized spacial score (nSPS) is 16.0. The Kier molecular flexibility index (Phi) is 4.20. The van der Waals surface area contributed by atoms with Crippen molar-refractivity contribution in [1.82, 2.24) is 0 Å². The molecule has 2 N–H and O–H groups in total. The highest BCUT2D eigenvalue weighted by Crippen LogP contribution is 2.45. The molecule has 1 aliphatic rings. The molecule has 0 spiro atoms. The Morgan fingerprint density at radius 1 is 1.17 bits per heavy atom. The third-order valence-corrected chi connectivity index (χ3v) is 4.26. The Morgan fingerprint density at radius 3 is 2.62 bits per heavy atom. The Balaban J connectivity index is 2.00. The average Bonchev–Trinajstić information content (AvgIpc) is 2.61. The van der Waals surface area contributed by atoms with Crippen LogP contribution in [-0.4, -0.2) is 37.3 Å². The lowest BCUT2D eigenvalue weighted by Gasteiger charge is -2.28. The molecule has 126 valence electrons. The van der Waals surface area contributed by atoms with Crippen LogP contribution in [0.4, 0.5) is 0 Å². The summed E-state index contributed by atoms with van der Waals surface area (Å²) in [5.41, 5.74) is 1.78. The number of rotatable bonds is 4. The molecule has 6 heteroatoms. The quantitative estimate of drug-likeness (QED) is 0.838. The van der Waals surface area contributed by atoms with Crippen molar-refractivity contribution < 1.29 is 29.2 Å². The van der Waals surface area contributed by atoms with E-state index < -0.39 is 0 Å². The molecule has 24 heavy (non-hydrogen) atoms. The maximum atomic E-state index is 11.2. The fourth-order valence-electron chi connectivity index (χ4n) is 3.06. The lowest BCUT2D eigenvalue weighted by molar-refractivity contribution is 0.111. The number of phenolic OH excluding ortho intramolecular Hbond substituents is 2. The molecule has 0 bridgehead atoms. The van der Waals surface area contributed by atoms with Crippen LogP contribution < -0.4 is 14.2 Å². The summed E-state index contributed by atoms with van der Waals surface area (Å²) in [4.78, 5) is 11.2. The second-order valence-corrected chi connectivity index (χ2v) is 5.56. The first-order valence-corrected chi connectivity index (χ1v) is 7.47. The molecule has 1 atom stereocenters. The number of carbonyl (C=O) groups excluding carboxylic acids is 1. The van der Waals surface area contributed by atoms with E-state index in [0.29, 0.717) is 36.6 Å². The van der Waals surface area contributed by atoms with Gasteiger partial charge < -0.3 is 24.4 Å². The van der Waals surface area contributed by atoms with Crippen molar-refractivity contribution in [2.75, 3.05) is 20.8 Å². The lowest BCUT2D eigenvalue weighted by atomic mass is 9.88. The summed E-state index contributed by atoms with van der Waals surface area (Å²) in [7, 11) is 2.96. The summed E-state index contributed by atoms with van der Waals surface area (Å²) in [6.07, 6.45) is 1.19. The molecular formula is C18H18O6. The van der Waals surface area contributed by atoms with Gasteiger partial charge in [-0.2, -0.15) is 0 Å². The highest BCUT2D eigenvalue weighted by molar-refractivity contribution is 5.84. The molecule has 0 amide bonds. The number of hydrogen-bond acceptors (Lipinski definition) is 6. The maximum absolute atomic E-state index is 11.2. The van der Waals surface area contributed by atoms with Crippen LogP contribution in [0.25, 0.3) is 0 Å². The molecule has 0 fully saturated rings. The van der Waals surface area contributed by atoms with E-state index >= 15 is 0 Å². The van der Waals surface area contributed by atoms with Crippen molar-refractivity contribution in [2.45, 2.75) is 12.3 Å². The standard InChI is InChI=1S/C18H18O6/c1-22-15-6-4-12(18(23-2)16(15)21)11-7-10-3-5-14(20)13(8-19)17(10)24-9-11/h3-6,8,11,20-21H,7,9H2,1-2H3/t11-/m1/s1. The van der Waals surface area contributed by atoms with Crippen molar-refractivity contribution in [3.8, 4) is 28.7 Å². The molecule has 2 aromatic rings. The summed E-state index contributed by atoms with van der Waals surface area (Å²) >= 11 is 0. The van der Waals surface area contributed by atoms with Gasteiger partial charge >= 0.3 is 0 Å². The summed E-state index contributed by atoms with van der Waals surface area (Å²) in [6.45, 7) is 0.305. The van der Waals surface area contributed by atoms with Crippen LogP contribution >= 0.6 is 0 Å². The molecule has 0 aliphatic carbocycles. The third-order valence-electron chi connectivity index (χ3n) is 4.26. The first-order chi connectivity index (χ1) is 11.6. The van der Waals surface area contributed by atoms with Crippen molar-refractivity contribution in [3.05, 3.63) is 41.0 Å². The van der Waals surface area contributed by atoms with Gasteiger partial charge in [0.05, 0.1) is 26.4 Å². The Bertz CT molecular complexity index is 784. The van der Waals surface area contributed by atoms with Crippen LogP contribution in [0.1, 0.15) is 27.4 Å². The number of fused-ring (bicyclic) bond motifs is 1. The molecule has 0 radical (unpaired) electrons. The van der Waals surface area contributed by atoms with Crippen LogP contribution in [0.15, 0.2) is 24.3 Å². The number of hydrogen-bond donors (Lipinski definition) is 2. The predicted molar refractivity (Wildman–Crippen MR) is 86.6 cm³/mol. The number of aldehydes is 1. The molecule has 0 saturated heterocycles. The van der Waals surface area contributed by atoms with E-state index in [4.69, 9.17) is 14.2 Å². The smallest absolute Gasteiger partial charge is 0.201 e. The van der Waals surface area contributed by atoms with Gasteiger partial charge in [0.2, 0.25) is 5.75 Å². The van der Waals surface area contributed by atoms with Crippen molar-refractivity contribution in [3.63, 3.8) is 0 Å². The van der Waals surface area contributed by atoms with Gasteiger partial charge in [0, 0.05) is 11.5 Å². The first-order valence-electron chi connectivity index (χ1n) is 7.47. The predicted octanol–water partition coefficient (Wildman–Crippen LogP) is 2.65. The van der Waals surface area contributed by atoms with Crippen molar-refractivity contribution in [2.24, 2.45) is 0 Å². The fourth-order valence-corrected chi connectivity index (χ4v) is 3.06. The van der Waals surface area contributed by atoms with Gasteiger partial charge in [0.15, 0.2) is 17.8 Å². The highest BCUT2D eigenvalue weighted by Gasteiger charge is 2.28. The van der Waals surface area contributed by atoms with Crippen molar-refractivity contribution in [1.29, 1.82) is 0 Å². The molecule has 3 rings (SSSR count). The summed E-state index contributed by atoms with van der Waals surface area (Å²) in [6, 6.07) is 6.73. The first kappa shape index (κ1) is 16.0. The molecule has 0 aromatic heterocycles. The lowest BCUT2D eigenvalue weighted by Crippen LogP contribution is -2.21. The number of benzene rings is 2. The summed E-state index contributed by atoms with van der Waals surface area (Å²) in [5.74, 6) is 0.886. The molecule has 1 heterocycles. The zero-order valence-electron chi connectivity index (χ0n) is 13.4. The third kappa shape index (κ3) is 2.50. The Labute approximate surface area is 139 Å². The van der Waals surface area contributed by atoms with E-state index in [0.717, 1.165) is 11.1 Å². The fraction of sp³-hybridized carbons (Fsp3) is 0.278. The van der Waals surface area contributed by atoms with E-state index in [1.165, 1.54) is 20.3 Å². The largest absolute Gasteiger partial charge is 0.507 e. The molecule has 1 aliphatic heterocycles. The highest BCUT2D eigenvalue weighted by atomic mass is 16.5. The van der Waals surface area contributed by atoms with Crippen LogP contribution in [0.2, 0.25) is 0 Å². The van der Waals surface area contributed by atoms with E-state index in [9.17, 15) is 15.0 Å². The molecule has 6 nitrogen and oxygen atoms in total. The van der Waals surface area contributed by atoms with Gasteiger partial charge in [-0.1, -0.05) is 12.1 Å². The number of phenols is 2. The van der Waals surface area contributed by atoms with Gasteiger partial charge in [0.25, 0.3) is 0 Å². The molecular weight excluding hydrogens is 312 g/mol. The monoisotopic (exact) mass is 330 g/mol. The van der Waals surface area contributed by atoms with Gasteiger partial charge in [0.1, 0.15) is 11.5 Å². The van der Waals surface area contributed by atoms with Crippen LogP contribution in [0.5, 0.6) is 28.7 Å². The zero-order valence-corrected chi connectivity index (χ0v) is 13.4. The van der Waals surface area contributed by atoms with E-state index in [1.54, 1.807) is 12.1 Å². The van der Waals surface area contributed by atoms with Crippen LogP contribution in [-0.2, 0) is 6.42 Å². The minimum Gasteiger partial charge on any atom is -0.507 e. The molecule has 0 unspecified atom stereocenters. The van der Waals surface area contributed by atoms with Gasteiger partial charge in [-0.05, 0) is 24.1 Å². The van der Waals surface area contributed by atoms with E-state index in [2.05, 4.69) is 0 Å². The topological polar surface area (TPSA) is 85.2 Å². The zero-order chi connectivity index (χ0) is 17.3. The van der Waals surface area contributed by atoms with Gasteiger partial charge in [-0.15, -0.1) is 0 Å². The minimum absolute atomic E-state index is 0.0532. The van der Waals surface area contributed by atoms with Crippen LogP contribution in [0.3, 0.4) is 0 Å². The van der Waals surface area contributed by atoms with Crippen molar-refractivity contribution >= 4 is 6.29 Å². The maximum Gasteiger partial charge on any atom is 0.201 e. The van der Waals surface area contributed by atoms with Gasteiger partial charge in [-0.3, -0.25) is 4.79 Å². The number of methoxy groups -OCH3 is 2. The Morgan fingerprint density at radius 2 is 1.96 bits per heavy atom. The molecule has 0 saturated carbocycles. The summed E-state index contributed by atoms with van der Waals surface area (Å²) in [5, 5.41) is 20.0. The minimum atomic E-state index is -0.0955. The van der Waals surface area contributed by atoms with Crippen LogP contribution in [0, 0.1) is 0 Å². The number of ether oxygens (including phenoxy) is 3. The van der Waals surface area contributed by atoms with E-state index in [-0.39, 0.29) is 23.0 Å².